The molecule has 0 saturated carbocycles. The molecule has 0 aromatic heterocycles. The van der Waals surface area contributed by atoms with Gasteiger partial charge < -0.3 is 218 Å². The van der Waals surface area contributed by atoms with E-state index in [1.54, 1.807) is 0 Å². The number of carboxylic acid groups (broad SMARTS) is 22. The van der Waals surface area contributed by atoms with E-state index in [1.165, 1.54) is 0 Å². The van der Waals surface area contributed by atoms with Crippen LogP contribution in [0.4, 0.5) is 0 Å². The molecular formula is C44H66AuBaCaFeKNiO44PdReTi-4. The van der Waals surface area contributed by atoms with Gasteiger partial charge in [-0.3, -0.25) is 0 Å². The summed E-state index contributed by atoms with van der Waals surface area (Å²) in [5, 5.41) is 196. The first-order chi connectivity index (χ1) is 38.1. The van der Waals surface area contributed by atoms with Gasteiger partial charge in [0.15, 0.2) is 0 Å². The number of rotatable bonds is 0. The van der Waals surface area contributed by atoms with Crippen LogP contribution in [0.5, 0.6) is 0 Å². The van der Waals surface area contributed by atoms with E-state index >= 15 is 0 Å². The number of carboxylic acids is 22. The maximum Gasteiger partial charge on any atom is 4.00 e. The molecule has 0 rings (SSSR count). The van der Waals surface area contributed by atoms with Crippen LogP contribution in [0.1, 0.15) is 152 Å². The van der Waals surface area contributed by atoms with Gasteiger partial charge in [-0.2, -0.15) is 0 Å². The first kappa shape index (κ1) is 205. The number of carbonyl (C=O) groups is 22. The predicted molar refractivity (Wildman–Crippen MR) is 246 cm³/mol. The van der Waals surface area contributed by atoms with E-state index in [1.807, 2.05) is 0 Å². The van der Waals surface area contributed by atoms with Gasteiger partial charge in [-0.1, -0.05) is 0 Å². The van der Waals surface area contributed by atoms with Gasteiger partial charge >= 0.3 is 236 Å². The van der Waals surface area contributed by atoms with Gasteiger partial charge in [0.25, 0.3) is 0 Å². The molecule has 97 heavy (non-hydrogen) atoms. The van der Waals surface area contributed by atoms with Gasteiger partial charge in [0.05, 0.1) is 0 Å². The van der Waals surface area contributed by atoms with Gasteiger partial charge in [0.2, 0.25) is 0 Å². The quantitative estimate of drug-likeness (QED) is 0.203. The molecule has 565 valence electrons. The molecule has 0 aliphatic rings. The second kappa shape index (κ2) is 198. The normalized spacial score (nSPS) is 5.67. The summed E-state index contributed by atoms with van der Waals surface area (Å²) in [5.74, 6) is -23.8. The van der Waals surface area contributed by atoms with Gasteiger partial charge in [0.1, 0.15) is 0 Å². The maximum atomic E-state index is 8.89. The minimum atomic E-state index is -1.08. The number of hydrogen-bond acceptors (Lipinski definition) is 44. The Labute approximate surface area is 747 Å². The summed E-state index contributed by atoms with van der Waals surface area (Å²) in [7, 11) is 0. The molecule has 0 aromatic carbocycles. The summed E-state index contributed by atoms with van der Waals surface area (Å²) in [6, 6.07) is 0. The zero-order valence-corrected chi connectivity index (χ0v) is 75.4. The Morgan fingerprint density at radius 3 is 0.175 bits per heavy atom. The van der Waals surface area contributed by atoms with E-state index in [4.69, 9.17) is 218 Å². The van der Waals surface area contributed by atoms with Crippen molar-refractivity contribution in [2.45, 2.75) is 152 Å². The molecule has 0 spiro atoms. The Bertz CT molecular complexity index is 1250. The molecule has 0 bridgehead atoms. The zero-order valence-electron chi connectivity index (χ0n) is 55.5. The Kier molecular flexibility index (Phi) is 419. The van der Waals surface area contributed by atoms with Crippen molar-refractivity contribution in [3.05, 3.63) is 0 Å². The minimum Gasteiger partial charge on any atom is -0.550 e. The average Bonchev–Trinajstić information content (AvgIpc) is 3.06. The second-order valence-electron chi connectivity index (χ2n) is 10.8. The second-order valence-corrected chi connectivity index (χ2v) is 10.8. The minimum absolute atomic E-state index is 0. The molecule has 0 atom stereocenters. The van der Waals surface area contributed by atoms with E-state index < -0.39 is 131 Å². The van der Waals surface area contributed by atoms with Gasteiger partial charge in [0, 0.05) is 152 Å². The smallest absolute Gasteiger partial charge is 0.550 e. The third-order valence-electron chi connectivity index (χ3n) is 0. The first-order valence-corrected chi connectivity index (χ1v) is 20.0. The first-order valence-electron chi connectivity index (χ1n) is 20.0. The van der Waals surface area contributed by atoms with Crippen LogP contribution in [-0.4, -0.2) is 218 Å². The van der Waals surface area contributed by atoms with E-state index in [0.29, 0.717) is 0 Å². The number of aliphatic carboxylic acids is 22. The molecule has 0 aromatic rings. The molecule has 44 nitrogen and oxygen atoms in total. The molecule has 0 unspecified atom stereocenters. The van der Waals surface area contributed by atoms with Gasteiger partial charge in [-0.15, -0.1) is 0 Å². The van der Waals surface area contributed by atoms with E-state index in [0.717, 1.165) is 152 Å². The maximum absolute atomic E-state index is 8.89. The van der Waals surface area contributed by atoms with Crippen molar-refractivity contribution < 1.29 is 388 Å². The summed E-state index contributed by atoms with van der Waals surface area (Å²) in [4.78, 5) is 196. The molecule has 0 heterocycles. The fraction of sp³-hybridized carbons (Fsp3) is 0.500. The Morgan fingerprint density at radius 2 is 0.175 bits per heavy atom. The standard InChI is InChI=1S/22C2H4O2.Au.Ba.Ca.Fe.K.Ni.Pd.Re.Ti/c22*1-2(3)4;;;;;;;;;/h22*1H3,(H,3,4);;;;;;;;;/q;;;;;;;;;;;;;;;;;;;;;;+3;3*+2;+1;2*+2;;+4/p-22. The van der Waals surface area contributed by atoms with Crippen molar-refractivity contribution in [1.29, 1.82) is 0 Å². The van der Waals surface area contributed by atoms with Crippen molar-refractivity contribution in [3.8, 4) is 0 Å². The SMILES string of the molecule is CC(=O)[O-].CC(=O)[O-].CC(=O)[O-].CC(=O)[O-].CC(=O)[O-].CC(=O)[O-].CC(=O)[O-].CC(=O)[O-].CC(=O)[O-].CC(=O)[O-].CC(=O)[O-].CC(=O)[O-].CC(=O)[O-].CC(=O)[O-].CC(=O)[O-].CC(=O)[O-].CC(=O)[O-].CC(=O)[O-].CC(=O)[O-].CC(=O)[O-].CC(=O)[O-].CC(=O)[O-].[Au+3].[Ba+2].[Ca+2].[Fe+2].[K+].[Ni+2].[Pd+2].[Re].[Ti+4]. The summed E-state index contributed by atoms with van der Waals surface area (Å²) >= 11 is 0. The molecule has 0 fully saturated rings. The Hall–Kier alpha value is -3.40. The number of hydrogen-bond donors (Lipinski definition) is 0. The Morgan fingerprint density at radius 1 is 0.175 bits per heavy atom. The fourth-order valence-corrected chi connectivity index (χ4v) is 0. The molecular weight excluding hydrogens is 2100 g/mol. The Balaban J connectivity index is -0.0000000162. The zero-order chi connectivity index (χ0) is 78.7. The van der Waals surface area contributed by atoms with Crippen molar-refractivity contribution in [1.82, 2.24) is 0 Å². The molecule has 0 aliphatic heterocycles. The van der Waals surface area contributed by atoms with Gasteiger partial charge in [-0.25, -0.2) is 0 Å². The average molecular weight is 2170 g/mol. The molecule has 0 N–H and O–H groups in total. The third kappa shape index (κ3) is 65700. The monoisotopic (exact) mass is 2170 g/mol. The molecule has 0 amide bonds. The molecule has 0 saturated heterocycles. The van der Waals surface area contributed by atoms with Gasteiger partial charge in [-0.05, 0) is 152 Å². The third-order valence-corrected chi connectivity index (χ3v) is 0. The van der Waals surface area contributed by atoms with E-state index in [2.05, 4.69) is 0 Å². The van der Waals surface area contributed by atoms with Crippen LogP contribution in [-0.2, 0) is 224 Å². The van der Waals surface area contributed by atoms with Crippen molar-refractivity contribution in [2.24, 2.45) is 0 Å². The largest absolute Gasteiger partial charge is 4.00 e. The van der Waals surface area contributed by atoms with Crippen LogP contribution in [0.25, 0.3) is 0 Å². The topological polar surface area (TPSA) is 883 Å². The van der Waals surface area contributed by atoms with E-state index in [9.17, 15) is 0 Å². The molecule has 1 radical (unpaired) electrons. The number of carbonyl (C=O) groups excluding carboxylic acids is 22. The van der Waals surface area contributed by atoms with E-state index in [-0.39, 0.29) is 257 Å². The van der Waals surface area contributed by atoms with Crippen LogP contribution in [0.2, 0.25) is 0 Å². The van der Waals surface area contributed by atoms with Crippen LogP contribution >= 0.6 is 0 Å². The summed E-state index contributed by atoms with van der Waals surface area (Å²) < 4.78 is 0. The fourth-order valence-electron chi connectivity index (χ4n) is 0. The summed E-state index contributed by atoms with van der Waals surface area (Å²) in [6.45, 7) is 21.4. The van der Waals surface area contributed by atoms with Crippen LogP contribution in [0.15, 0.2) is 0 Å². The van der Waals surface area contributed by atoms with Crippen LogP contribution < -0.4 is 164 Å². The summed E-state index contributed by atoms with van der Waals surface area (Å²) in [5.41, 5.74) is 0. The van der Waals surface area contributed by atoms with Crippen LogP contribution in [0, 0.1) is 0 Å². The van der Waals surface area contributed by atoms with Crippen molar-refractivity contribution in [3.63, 3.8) is 0 Å². The predicted octanol–water partition coefficient (Wildman–Crippen LogP) is -31.1. The molecule has 53 heteroatoms. The summed E-state index contributed by atoms with van der Waals surface area (Å²) in [6.07, 6.45) is 0. The van der Waals surface area contributed by atoms with Crippen molar-refractivity contribution >= 4 is 218 Å². The molecule has 0 aliphatic carbocycles. The van der Waals surface area contributed by atoms with Crippen molar-refractivity contribution in [2.75, 3.05) is 0 Å². The van der Waals surface area contributed by atoms with Crippen LogP contribution in [0.3, 0.4) is 0 Å².